The maximum absolute atomic E-state index is 11.6. The Bertz CT molecular complexity index is 359. The lowest BCUT2D eigenvalue weighted by Gasteiger charge is -2.08. The quantitative estimate of drug-likeness (QED) is 0.867. The van der Waals surface area contributed by atoms with Gasteiger partial charge >= 0.3 is 0 Å². The highest BCUT2D eigenvalue weighted by Crippen LogP contribution is 2.13. The molecule has 0 aliphatic carbocycles. The Hall–Kier alpha value is -0.940. The summed E-state index contributed by atoms with van der Waals surface area (Å²) in [4.78, 5) is 16.0. The molecule has 2 rings (SSSR count). The van der Waals surface area contributed by atoms with Crippen LogP contribution >= 0.6 is 11.3 Å². The lowest BCUT2D eigenvalue weighted by molar-refractivity contribution is -0.130. The average molecular weight is 240 g/mol. The van der Waals surface area contributed by atoms with Crippen LogP contribution in [0.3, 0.4) is 0 Å². The van der Waals surface area contributed by atoms with Gasteiger partial charge in [0.15, 0.2) is 0 Å². The second-order valence-corrected chi connectivity index (χ2v) is 4.75. The van der Waals surface area contributed by atoms with Crippen molar-refractivity contribution >= 4 is 17.2 Å². The van der Waals surface area contributed by atoms with E-state index in [1.165, 1.54) is 0 Å². The van der Waals surface area contributed by atoms with Crippen LogP contribution in [0.5, 0.6) is 0 Å². The minimum Gasteiger partial charge on any atom is -0.368 e. The van der Waals surface area contributed by atoms with Crippen molar-refractivity contribution in [3.05, 3.63) is 16.1 Å². The normalized spacial score (nSPS) is 19.9. The molecule has 1 amide bonds. The highest BCUT2D eigenvalue weighted by atomic mass is 32.1. The van der Waals surface area contributed by atoms with Crippen molar-refractivity contribution in [2.45, 2.75) is 38.8 Å². The zero-order chi connectivity index (χ0) is 11.4. The standard InChI is InChI=1S/C11H16N2O2S/c1-2-10-13-8(7-16-10)6-12-11(14)9-4-3-5-15-9/h7,9H,2-6H2,1H3,(H,12,14)/t9-/m0/s1. The van der Waals surface area contributed by atoms with Crippen LogP contribution in [-0.2, 0) is 22.5 Å². The first-order chi connectivity index (χ1) is 7.79. The highest BCUT2D eigenvalue weighted by Gasteiger charge is 2.23. The minimum atomic E-state index is -0.246. The molecule has 0 saturated carbocycles. The molecule has 1 N–H and O–H groups in total. The summed E-state index contributed by atoms with van der Waals surface area (Å²) in [6.45, 7) is 3.29. The largest absolute Gasteiger partial charge is 0.368 e. The second kappa shape index (κ2) is 5.41. The molecule has 0 radical (unpaired) electrons. The van der Waals surface area contributed by atoms with Crippen molar-refractivity contribution in [3.63, 3.8) is 0 Å². The summed E-state index contributed by atoms with van der Waals surface area (Å²) in [6, 6.07) is 0. The van der Waals surface area contributed by atoms with E-state index in [-0.39, 0.29) is 12.0 Å². The minimum absolute atomic E-state index is 0.0106. The van der Waals surface area contributed by atoms with E-state index in [0.717, 1.165) is 30.0 Å². The molecule has 0 bridgehead atoms. The topological polar surface area (TPSA) is 51.2 Å². The predicted molar refractivity (Wildman–Crippen MR) is 62.3 cm³/mol. The third kappa shape index (κ3) is 2.80. The van der Waals surface area contributed by atoms with E-state index >= 15 is 0 Å². The Morgan fingerprint density at radius 2 is 2.62 bits per heavy atom. The number of thiazole rings is 1. The molecule has 88 valence electrons. The monoisotopic (exact) mass is 240 g/mol. The molecule has 1 saturated heterocycles. The number of aryl methyl sites for hydroxylation is 1. The van der Waals surface area contributed by atoms with E-state index in [9.17, 15) is 4.79 Å². The average Bonchev–Trinajstić information content (AvgIpc) is 2.96. The molecule has 4 nitrogen and oxygen atoms in total. The van der Waals surface area contributed by atoms with E-state index in [4.69, 9.17) is 4.74 Å². The number of carbonyl (C=O) groups is 1. The van der Waals surface area contributed by atoms with Crippen molar-refractivity contribution in [1.29, 1.82) is 0 Å². The van der Waals surface area contributed by atoms with Gasteiger partial charge in [0.1, 0.15) is 6.10 Å². The number of ether oxygens (including phenoxy) is 1. The molecule has 16 heavy (non-hydrogen) atoms. The summed E-state index contributed by atoms with van der Waals surface area (Å²) in [6.07, 6.45) is 2.52. The Kier molecular flexibility index (Phi) is 3.90. The second-order valence-electron chi connectivity index (χ2n) is 3.81. The van der Waals surface area contributed by atoms with E-state index in [1.54, 1.807) is 11.3 Å². The fourth-order valence-corrected chi connectivity index (χ4v) is 2.41. The van der Waals surface area contributed by atoms with Gasteiger partial charge in [-0.3, -0.25) is 4.79 Å². The number of nitrogens with zero attached hydrogens (tertiary/aromatic N) is 1. The number of carbonyl (C=O) groups excluding carboxylic acids is 1. The van der Waals surface area contributed by atoms with E-state index in [1.807, 2.05) is 5.38 Å². The van der Waals surface area contributed by atoms with E-state index in [0.29, 0.717) is 13.2 Å². The van der Waals surface area contributed by atoms with Crippen molar-refractivity contribution in [2.75, 3.05) is 6.61 Å². The SMILES string of the molecule is CCc1nc(CNC(=O)[C@@H]2CCCO2)cs1. The van der Waals surface area contributed by atoms with Crippen LogP contribution in [0.15, 0.2) is 5.38 Å². The Morgan fingerprint density at radius 3 is 3.25 bits per heavy atom. The van der Waals surface area contributed by atoms with Gasteiger partial charge in [-0.05, 0) is 19.3 Å². The Balaban J connectivity index is 1.80. The van der Waals surface area contributed by atoms with Crippen LogP contribution in [0.25, 0.3) is 0 Å². The fourth-order valence-electron chi connectivity index (χ4n) is 1.67. The Labute approximate surface area is 99.0 Å². The summed E-state index contributed by atoms with van der Waals surface area (Å²) < 4.78 is 5.30. The third-order valence-corrected chi connectivity index (χ3v) is 3.61. The molecular weight excluding hydrogens is 224 g/mol. The first-order valence-electron chi connectivity index (χ1n) is 5.62. The molecule has 1 aromatic heterocycles. The lowest BCUT2D eigenvalue weighted by atomic mass is 10.2. The van der Waals surface area contributed by atoms with Gasteiger partial charge in [-0.2, -0.15) is 0 Å². The first-order valence-corrected chi connectivity index (χ1v) is 6.50. The van der Waals surface area contributed by atoms with E-state index in [2.05, 4.69) is 17.2 Å². The summed E-state index contributed by atoms with van der Waals surface area (Å²) in [7, 11) is 0. The Morgan fingerprint density at radius 1 is 1.75 bits per heavy atom. The summed E-state index contributed by atoms with van der Waals surface area (Å²) in [5, 5.41) is 5.97. The van der Waals surface area contributed by atoms with Gasteiger partial charge in [-0.25, -0.2) is 4.98 Å². The van der Waals surface area contributed by atoms with Crippen LogP contribution < -0.4 is 5.32 Å². The van der Waals surface area contributed by atoms with Gasteiger partial charge in [-0.15, -0.1) is 11.3 Å². The number of amides is 1. The number of aromatic nitrogens is 1. The molecule has 0 aromatic carbocycles. The zero-order valence-electron chi connectivity index (χ0n) is 9.36. The third-order valence-electron chi connectivity index (χ3n) is 2.57. The van der Waals surface area contributed by atoms with Crippen LogP contribution in [0.2, 0.25) is 0 Å². The van der Waals surface area contributed by atoms with Crippen molar-refractivity contribution in [2.24, 2.45) is 0 Å². The van der Waals surface area contributed by atoms with Gasteiger partial charge in [0, 0.05) is 12.0 Å². The summed E-state index contributed by atoms with van der Waals surface area (Å²) in [5.74, 6) is -0.0106. The summed E-state index contributed by atoms with van der Waals surface area (Å²) in [5.41, 5.74) is 0.938. The van der Waals surface area contributed by atoms with Crippen molar-refractivity contribution in [1.82, 2.24) is 10.3 Å². The van der Waals surface area contributed by atoms with Gasteiger partial charge in [0.05, 0.1) is 17.2 Å². The van der Waals surface area contributed by atoms with E-state index < -0.39 is 0 Å². The van der Waals surface area contributed by atoms with Gasteiger partial charge in [0.2, 0.25) is 5.91 Å². The molecule has 5 heteroatoms. The number of hydrogen-bond acceptors (Lipinski definition) is 4. The molecule has 0 unspecified atom stereocenters. The smallest absolute Gasteiger partial charge is 0.249 e. The molecule has 1 atom stereocenters. The fraction of sp³-hybridized carbons (Fsp3) is 0.636. The molecule has 1 aromatic rings. The molecule has 1 aliphatic rings. The van der Waals surface area contributed by atoms with Gasteiger partial charge in [-0.1, -0.05) is 6.92 Å². The number of hydrogen-bond donors (Lipinski definition) is 1. The van der Waals surface area contributed by atoms with Crippen LogP contribution in [0, 0.1) is 0 Å². The van der Waals surface area contributed by atoms with Crippen LogP contribution in [0.4, 0.5) is 0 Å². The first kappa shape index (κ1) is 11.5. The summed E-state index contributed by atoms with van der Waals surface area (Å²) >= 11 is 1.64. The molecular formula is C11H16N2O2S. The predicted octanol–water partition coefficient (Wildman–Crippen LogP) is 1.50. The zero-order valence-corrected chi connectivity index (χ0v) is 10.2. The molecule has 0 spiro atoms. The van der Waals surface area contributed by atoms with Crippen molar-refractivity contribution < 1.29 is 9.53 Å². The molecule has 1 aliphatic heterocycles. The molecule has 2 heterocycles. The highest BCUT2D eigenvalue weighted by molar-refractivity contribution is 7.09. The maximum Gasteiger partial charge on any atom is 0.249 e. The van der Waals surface area contributed by atoms with Crippen LogP contribution in [0.1, 0.15) is 30.5 Å². The molecule has 1 fully saturated rings. The van der Waals surface area contributed by atoms with Crippen molar-refractivity contribution in [3.8, 4) is 0 Å². The van der Waals surface area contributed by atoms with Gasteiger partial charge < -0.3 is 10.1 Å². The number of nitrogens with one attached hydrogen (secondary N) is 1. The van der Waals surface area contributed by atoms with Crippen LogP contribution in [-0.4, -0.2) is 23.6 Å². The van der Waals surface area contributed by atoms with Gasteiger partial charge in [0.25, 0.3) is 0 Å². The number of rotatable bonds is 4. The maximum atomic E-state index is 11.6. The lowest BCUT2D eigenvalue weighted by Crippen LogP contribution is -2.33.